The molecule has 0 unspecified atom stereocenters. The Hall–Kier alpha value is -1.08. The van der Waals surface area contributed by atoms with Gasteiger partial charge in [0, 0.05) is 10.5 Å². The van der Waals surface area contributed by atoms with Crippen LogP contribution in [0.15, 0.2) is 28.7 Å². The number of amides is 1. The third-order valence-corrected chi connectivity index (χ3v) is 6.56. The molecule has 3 atom stereocenters. The van der Waals surface area contributed by atoms with Crippen molar-refractivity contribution in [2.24, 2.45) is 11.8 Å². The standard InChI is InChI=1S/C16H21BrN2O3S/c1-23(21,22)19(14-6-4-13(17)5-7-14)10-16(20)18-15-9-11-2-3-12(15)8-11/h4-7,11-12,15H,2-3,8-10H2,1H3,(H,18,20)/t11-,12+,15-/m1/s1. The summed E-state index contributed by atoms with van der Waals surface area (Å²) in [7, 11) is -3.51. The van der Waals surface area contributed by atoms with E-state index in [1.807, 2.05) is 0 Å². The topological polar surface area (TPSA) is 66.5 Å². The minimum atomic E-state index is -3.51. The zero-order valence-corrected chi connectivity index (χ0v) is 15.4. The van der Waals surface area contributed by atoms with Crippen LogP contribution < -0.4 is 9.62 Å². The fourth-order valence-corrected chi connectivity index (χ4v) is 4.93. The summed E-state index contributed by atoms with van der Waals surface area (Å²) in [6.07, 6.45) is 5.81. The van der Waals surface area contributed by atoms with Crippen LogP contribution in [0.1, 0.15) is 25.7 Å². The van der Waals surface area contributed by atoms with Crippen LogP contribution in [0.25, 0.3) is 0 Å². The Kier molecular flexibility index (Phi) is 4.69. The van der Waals surface area contributed by atoms with Crippen molar-refractivity contribution in [2.75, 3.05) is 17.1 Å². The van der Waals surface area contributed by atoms with Gasteiger partial charge in [-0.1, -0.05) is 22.4 Å². The first-order chi connectivity index (χ1) is 10.8. The van der Waals surface area contributed by atoms with Crippen molar-refractivity contribution in [1.29, 1.82) is 0 Å². The van der Waals surface area contributed by atoms with E-state index in [-0.39, 0.29) is 18.5 Å². The van der Waals surface area contributed by atoms with Crippen LogP contribution >= 0.6 is 15.9 Å². The average molecular weight is 401 g/mol. The van der Waals surface area contributed by atoms with Crippen LogP contribution in [0.3, 0.4) is 0 Å². The molecular weight excluding hydrogens is 380 g/mol. The van der Waals surface area contributed by atoms with Crippen molar-refractivity contribution >= 4 is 37.5 Å². The second kappa shape index (κ2) is 6.43. The van der Waals surface area contributed by atoms with Gasteiger partial charge in [-0.25, -0.2) is 8.42 Å². The van der Waals surface area contributed by atoms with Crippen molar-refractivity contribution in [3.63, 3.8) is 0 Å². The molecule has 5 nitrogen and oxygen atoms in total. The fourth-order valence-electron chi connectivity index (χ4n) is 3.81. The Morgan fingerprint density at radius 3 is 2.48 bits per heavy atom. The van der Waals surface area contributed by atoms with Gasteiger partial charge in [0.1, 0.15) is 6.54 Å². The molecule has 2 fully saturated rings. The minimum absolute atomic E-state index is 0.172. The minimum Gasteiger partial charge on any atom is -0.352 e. The Morgan fingerprint density at radius 1 is 1.26 bits per heavy atom. The molecule has 2 saturated carbocycles. The van der Waals surface area contributed by atoms with E-state index >= 15 is 0 Å². The van der Waals surface area contributed by atoms with E-state index < -0.39 is 10.0 Å². The number of fused-ring (bicyclic) bond motifs is 2. The van der Waals surface area contributed by atoms with E-state index in [4.69, 9.17) is 0 Å². The summed E-state index contributed by atoms with van der Waals surface area (Å²) in [6.45, 7) is -0.172. The number of hydrogen-bond donors (Lipinski definition) is 1. The summed E-state index contributed by atoms with van der Waals surface area (Å²) in [6, 6.07) is 7.13. The maximum atomic E-state index is 12.3. The van der Waals surface area contributed by atoms with Crippen LogP contribution in [0.2, 0.25) is 0 Å². The zero-order chi connectivity index (χ0) is 16.6. The molecule has 1 aromatic carbocycles. The SMILES string of the molecule is CS(=O)(=O)N(CC(=O)N[C@@H]1C[C@@H]2CC[C@H]1C2)c1ccc(Br)cc1. The molecule has 126 valence electrons. The third-order valence-electron chi connectivity index (χ3n) is 4.89. The van der Waals surface area contributed by atoms with Crippen LogP contribution in [0, 0.1) is 11.8 Å². The number of carbonyl (C=O) groups excluding carboxylic acids is 1. The highest BCUT2D eigenvalue weighted by Gasteiger charge is 2.40. The number of sulfonamides is 1. The zero-order valence-electron chi connectivity index (χ0n) is 13.0. The molecule has 1 N–H and O–H groups in total. The van der Waals surface area contributed by atoms with Gasteiger partial charge in [-0.05, 0) is 55.4 Å². The van der Waals surface area contributed by atoms with E-state index in [1.165, 1.54) is 19.3 Å². The molecule has 0 aromatic heterocycles. The predicted molar refractivity (Wildman–Crippen MR) is 93.7 cm³/mol. The lowest BCUT2D eigenvalue weighted by Crippen LogP contribution is -2.45. The van der Waals surface area contributed by atoms with Gasteiger partial charge >= 0.3 is 0 Å². The van der Waals surface area contributed by atoms with E-state index in [2.05, 4.69) is 21.2 Å². The van der Waals surface area contributed by atoms with Crippen molar-refractivity contribution in [1.82, 2.24) is 5.32 Å². The summed E-state index contributed by atoms with van der Waals surface area (Å²) in [4.78, 5) is 12.3. The fraction of sp³-hybridized carbons (Fsp3) is 0.562. The Bertz CT molecular complexity index is 690. The van der Waals surface area contributed by atoms with Gasteiger partial charge in [-0.2, -0.15) is 0 Å². The quantitative estimate of drug-likeness (QED) is 0.825. The molecule has 0 radical (unpaired) electrons. The largest absolute Gasteiger partial charge is 0.352 e. The van der Waals surface area contributed by atoms with Gasteiger partial charge in [0.15, 0.2) is 0 Å². The van der Waals surface area contributed by atoms with Crippen molar-refractivity contribution in [2.45, 2.75) is 31.7 Å². The predicted octanol–water partition coefficient (Wildman–Crippen LogP) is 2.52. The van der Waals surface area contributed by atoms with E-state index in [0.717, 1.165) is 27.4 Å². The molecule has 7 heteroatoms. The lowest BCUT2D eigenvalue weighted by molar-refractivity contribution is -0.120. The van der Waals surface area contributed by atoms with E-state index in [1.54, 1.807) is 24.3 Å². The van der Waals surface area contributed by atoms with Crippen molar-refractivity contribution < 1.29 is 13.2 Å². The molecule has 3 rings (SSSR count). The Labute approximate surface area is 145 Å². The molecule has 2 bridgehead atoms. The van der Waals surface area contributed by atoms with E-state index in [9.17, 15) is 13.2 Å². The maximum absolute atomic E-state index is 12.3. The second-order valence-corrected chi connectivity index (χ2v) is 9.42. The monoisotopic (exact) mass is 400 g/mol. The molecule has 0 heterocycles. The number of rotatable bonds is 5. The number of carbonyl (C=O) groups is 1. The molecule has 0 spiro atoms. The van der Waals surface area contributed by atoms with Gasteiger partial charge in [0.2, 0.25) is 15.9 Å². The summed E-state index contributed by atoms with van der Waals surface area (Å²) in [5.74, 6) is 1.09. The summed E-state index contributed by atoms with van der Waals surface area (Å²) >= 11 is 3.33. The van der Waals surface area contributed by atoms with Gasteiger partial charge < -0.3 is 5.32 Å². The third kappa shape index (κ3) is 3.88. The molecule has 1 amide bonds. The van der Waals surface area contributed by atoms with Gasteiger partial charge in [-0.15, -0.1) is 0 Å². The molecule has 0 aliphatic heterocycles. The first kappa shape index (κ1) is 16.8. The van der Waals surface area contributed by atoms with Crippen molar-refractivity contribution in [3.05, 3.63) is 28.7 Å². The van der Waals surface area contributed by atoms with Crippen LogP contribution in [-0.2, 0) is 14.8 Å². The molecule has 23 heavy (non-hydrogen) atoms. The van der Waals surface area contributed by atoms with Gasteiger partial charge in [0.25, 0.3) is 0 Å². The highest BCUT2D eigenvalue weighted by molar-refractivity contribution is 9.10. The van der Waals surface area contributed by atoms with Gasteiger partial charge in [0.05, 0.1) is 11.9 Å². The molecular formula is C16H21BrN2O3S. The maximum Gasteiger partial charge on any atom is 0.241 e. The summed E-state index contributed by atoms with van der Waals surface area (Å²) < 4.78 is 26.1. The molecule has 2 aliphatic rings. The number of anilines is 1. The second-order valence-electron chi connectivity index (χ2n) is 6.59. The number of benzene rings is 1. The Morgan fingerprint density at radius 2 is 1.96 bits per heavy atom. The lowest BCUT2D eigenvalue weighted by atomic mass is 9.95. The first-order valence-electron chi connectivity index (χ1n) is 7.85. The first-order valence-corrected chi connectivity index (χ1v) is 10.5. The summed E-state index contributed by atoms with van der Waals surface area (Å²) in [5.41, 5.74) is 0.499. The number of hydrogen-bond acceptors (Lipinski definition) is 3. The van der Waals surface area contributed by atoms with Crippen LogP contribution in [0.4, 0.5) is 5.69 Å². The normalized spacial score (nSPS) is 26.3. The van der Waals surface area contributed by atoms with Crippen LogP contribution in [0.5, 0.6) is 0 Å². The highest BCUT2D eigenvalue weighted by Crippen LogP contribution is 2.44. The van der Waals surface area contributed by atoms with Gasteiger partial charge in [-0.3, -0.25) is 9.10 Å². The average Bonchev–Trinajstić information content (AvgIpc) is 3.07. The molecule has 1 aromatic rings. The summed E-state index contributed by atoms with van der Waals surface area (Å²) in [5, 5.41) is 3.04. The molecule has 2 aliphatic carbocycles. The van der Waals surface area contributed by atoms with Crippen LogP contribution in [-0.4, -0.2) is 33.2 Å². The Balaban J connectivity index is 1.69. The number of halogens is 1. The smallest absolute Gasteiger partial charge is 0.241 e. The number of nitrogens with zero attached hydrogens (tertiary/aromatic N) is 1. The highest BCUT2D eigenvalue weighted by atomic mass is 79.9. The lowest BCUT2D eigenvalue weighted by Gasteiger charge is -2.26. The van der Waals surface area contributed by atoms with E-state index in [0.29, 0.717) is 11.6 Å². The molecule has 0 saturated heterocycles. The van der Waals surface area contributed by atoms with Crippen molar-refractivity contribution in [3.8, 4) is 0 Å². The number of nitrogens with one attached hydrogen (secondary N) is 1.